The summed E-state index contributed by atoms with van der Waals surface area (Å²) in [6.45, 7) is 3.41. The smallest absolute Gasteiger partial charge is 0.331 e. The van der Waals surface area contributed by atoms with E-state index in [1.807, 2.05) is 38.1 Å². The quantitative estimate of drug-likeness (QED) is 0.464. The van der Waals surface area contributed by atoms with Crippen LogP contribution in [0.15, 0.2) is 34.8 Å². The maximum absolute atomic E-state index is 12.6. The summed E-state index contributed by atoms with van der Waals surface area (Å²) in [6, 6.07) is 6.92. The molecule has 148 valence electrons. The Bertz CT molecular complexity index is 804. The van der Waals surface area contributed by atoms with Gasteiger partial charge in [-0.05, 0) is 43.5 Å². The third-order valence-corrected chi connectivity index (χ3v) is 6.85. The number of carbonyl (C=O) groups excluding carboxylic acids is 2. The second kappa shape index (κ2) is 9.50. The van der Waals surface area contributed by atoms with Crippen LogP contribution in [0.2, 0.25) is 0 Å². The molecule has 0 saturated carbocycles. The molecule has 1 aromatic rings. The summed E-state index contributed by atoms with van der Waals surface area (Å²) in [4.78, 5) is 26.0. The SMILES string of the molecule is CCC(C)N(C(=O)COC(=O)C=Cc1ccc(Br)cc1)C1CCS(=O)(=O)C1. The third kappa shape index (κ3) is 6.46. The summed E-state index contributed by atoms with van der Waals surface area (Å²) >= 11 is 3.34. The molecule has 6 nitrogen and oxygen atoms in total. The van der Waals surface area contributed by atoms with Gasteiger partial charge in [-0.2, -0.15) is 0 Å². The molecule has 1 aliphatic rings. The van der Waals surface area contributed by atoms with Crippen molar-refractivity contribution in [3.05, 3.63) is 40.4 Å². The summed E-state index contributed by atoms with van der Waals surface area (Å²) in [5.74, 6) is -0.917. The van der Waals surface area contributed by atoms with Crippen LogP contribution in [0, 0.1) is 0 Å². The van der Waals surface area contributed by atoms with Crippen LogP contribution in [-0.4, -0.2) is 55.4 Å². The first-order chi connectivity index (χ1) is 12.7. The average molecular weight is 458 g/mol. The first-order valence-electron chi connectivity index (χ1n) is 8.84. The monoisotopic (exact) mass is 457 g/mol. The third-order valence-electron chi connectivity index (χ3n) is 4.58. The lowest BCUT2D eigenvalue weighted by molar-refractivity contribution is -0.150. The van der Waals surface area contributed by atoms with Crippen molar-refractivity contribution in [2.75, 3.05) is 18.1 Å². The molecule has 2 atom stereocenters. The normalized spacial score (nSPS) is 19.7. The Morgan fingerprint density at radius 3 is 2.56 bits per heavy atom. The van der Waals surface area contributed by atoms with Gasteiger partial charge in [-0.3, -0.25) is 4.79 Å². The van der Waals surface area contributed by atoms with Gasteiger partial charge in [0.25, 0.3) is 5.91 Å². The number of sulfone groups is 1. The van der Waals surface area contributed by atoms with Crippen LogP contribution in [0.1, 0.15) is 32.3 Å². The number of hydrogen-bond acceptors (Lipinski definition) is 5. The predicted molar refractivity (Wildman–Crippen MR) is 108 cm³/mol. The largest absolute Gasteiger partial charge is 0.452 e. The first kappa shape index (κ1) is 21.6. The van der Waals surface area contributed by atoms with E-state index in [2.05, 4.69) is 15.9 Å². The van der Waals surface area contributed by atoms with Gasteiger partial charge in [-0.25, -0.2) is 13.2 Å². The Morgan fingerprint density at radius 1 is 1.33 bits per heavy atom. The first-order valence-corrected chi connectivity index (χ1v) is 11.4. The van der Waals surface area contributed by atoms with E-state index in [9.17, 15) is 18.0 Å². The lowest BCUT2D eigenvalue weighted by Gasteiger charge is -2.33. The number of carbonyl (C=O) groups is 2. The molecule has 0 spiro atoms. The van der Waals surface area contributed by atoms with E-state index >= 15 is 0 Å². The minimum Gasteiger partial charge on any atom is -0.452 e. The number of nitrogens with zero attached hydrogens (tertiary/aromatic N) is 1. The van der Waals surface area contributed by atoms with Crippen molar-refractivity contribution in [1.82, 2.24) is 4.90 Å². The molecule has 0 aliphatic carbocycles. The zero-order valence-electron chi connectivity index (χ0n) is 15.4. The van der Waals surface area contributed by atoms with E-state index in [0.29, 0.717) is 12.8 Å². The van der Waals surface area contributed by atoms with Crippen LogP contribution in [0.5, 0.6) is 0 Å². The molecule has 1 fully saturated rings. The van der Waals surface area contributed by atoms with Gasteiger partial charge in [0, 0.05) is 22.6 Å². The van der Waals surface area contributed by atoms with Crippen molar-refractivity contribution < 1.29 is 22.7 Å². The Morgan fingerprint density at radius 2 is 2.00 bits per heavy atom. The maximum Gasteiger partial charge on any atom is 0.331 e. The highest BCUT2D eigenvalue weighted by atomic mass is 79.9. The summed E-state index contributed by atoms with van der Waals surface area (Å²) < 4.78 is 29.5. The molecule has 1 amide bonds. The molecule has 0 aromatic heterocycles. The van der Waals surface area contributed by atoms with E-state index in [0.717, 1.165) is 10.0 Å². The molecule has 0 radical (unpaired) electrons. The Balaban J connectivity index is 1.94. The highest BCUT2D eigenvalue weighted by Gasteiger charge is 2.36. The molecular weight excluding hydrogens is 434 g/mol. The van der Waals surface area contributed by atoms with Gasteiger partial charge in [0.1, 0.15) is 0 Å². The topological polar surface area (TPSA) is 80.8 Å². The highest BCUT2D eigenvalue weighted by molar-refractivity contribution is 9.10. The van der Waals surface area contributed by atoms with E-state index in [1.54, 1.807) is 11.0 Å². The molecule has 1 saturated heterocycles. The average Bonchev–Trinajstić information content (AvgIpc) is 2.98. The van der Waals surface area contributed by atoms with Crippen molar-refractivity contribution >= 4 is 43.7 Å². The lowest BCUT2D eigenvalue weighted by Crippen LogP contribution is -2.48. The molecular formula is C19H24BrNO5S. The fraction of sp³-hybridized carbons (Fsp3) is 0.474. The zero-order chi connectivity index (χ0) is 20.0. The summed E-state index contributed by atoms with van der Waals surface area (Å²) in [7, 11) is -3.11. The van der Waals surface area contributed by atoms with Crippen molar-refractivity contribution in [3.63, 3.8) is 0 Å². The molecule has 8 heteroatoms. The van der Waals surface area contributed by atoms with E-state index in [1.165, 1.54) is 6.08 Å². The van der Waals surface area contributed by atoms with Gasteiger partial charge >= 0.3 is 5.97 Å². The Kier molecular flexibility index (Phi) is 7.61. The van der Waals surface area contributed by atoms with Crippen molar-refractivity contribution in [2.24, 2.45) is 0 Å². The second-order valence-electron chi connectivity index (χ2n) is 6.61. The van der Waals surface area contributed by atoms with E-state index < -0.39 is 22.4 Å². The van der Waals surface area contributed by atoms with Crippen LogP contribution in [0.4, 0.5) is 0 Å². The number of halogens is 1. The highest BCUT2D eigenvalue weighted by Crippen LogP contribution is 2.21. The van der Waals surface area contributed by atoms with E-state index in [4.69, 9.17) is 4.74 Å². The molecule has 2 unspecified atom stereocenters. The number of amides is 1. The van der Waals surface area contributed by atoms with Crippen LogP contribution in [0.3, 0.4) is 0 Å². The number of hydrogen-bond donors (Lipinski definition) is 0. The number of esters is 1. The van der Waals surface area contributed by atoms with Crippen molar-refractivity contribution in [1.29, 1.82) is 0 Å². The molecule has 27 heavy (non-hydrogen) atoms. The maximum atomic E-state index is 12.6. The summed E-state index contributed by atoms with van der Waals surface area (Å²) in [5, 5.41) is 0. The summed E-state index contributed by atoms with van der Waals surface area (Å²) in [6.07, 6.45) is 3.99. The molecule has 1 heterocycles. The van der Waals surface area contributed by atoms with Gasteiger partial charge in [-0.1, -0.05) is 35.0 Å². The molecule has 1 aliphatic heterocycles. The molecule has 0 bridgehead atoms. The van der Waals surface area contributed by atoms with Gasteiger partial charge in [0.05, 0.1) is 11.5 Å². The number of ether oxygens (including phenoxy) is 1. The van der Waals surface area contributed by atoms with E-state index in [-0.39, 0.29) is 29.5 Å². The summed E-state index contributed by atoms with van der Waals surface area (Å²) in [5.41, 5.74) is 0.832. The van der Waals surface area contributed by atoms with Crippen LogP contribution >= 0.6 is 15.9 Å². The second-order valence-corrected chi connectivity index (χ2v) is 9.75. The molecule has 0 N–H and O–H groups in total. The van der Waals surface area contributed by atoms with Crippen LogP contribution < -0.4 is 0 Å². The Hall–Kier alpha value is -1.67. The molecule has 2 rings (SSSR count). The van der Waals surface area contributed by atoms with Gasteiger partial charge in [0.2, 0.25) is 0 Å². The van der Waals surface area contributed by atoms with Gasteiger partial charge in [-0.15, -0.1) is 0 Å². The fourth-order valence-electron chi connectivity index (χ4n) is 2.99. The van der Waals surface area contributed by atoms with Crippen LogP contribution in [0.25, 0.3) is 6.08 Å². The fourth-order valence-corrected chi connectivity index (χ4v) is 4.97. The number of rotatable bonds is 7. The standard InChI is InChI=1S/C19H24BrNO5S/c1-3-14(2)21(17-10-11-27(24,25)13-17)18(22)12-26-19(23)9-6-15-4-7-16(20)8-5-15/h4-9,14,17H,3,10-13H2,1-2H3. The van der Waals surface area contributed by atoms with Crippen molar-refractivity contribution in [2.45, 2.75) is 38.8 Å². The van der Waals surface area contributed by atoms with Crippen molar-refractivity contribution in [3.8, 4) is 0 Å². The predicted octanol–water partition coefficient (Wildman–Crippen LogP) is 2.82. The number of benzene rings is 1. The zero-order valence-corrected chi connectivity index (χ0v) is 17.8. The van der Waals surface area contributed by atoms with Crippen LogP contribution in [-0.2, 0) is 24.2 Å². The Labute approximate surface area is 168 Å². The lowest BCUT2D eigenvalue weighted by atomic mass is 10.1. The van der Waals surface area contributed by atoms with Gasteiger partial charge < -0.3 is 9.64 Å². The molecule has 1 aromatic carbocycles. The minimum atomic E-state index is -3.11. The minimum absolute atomic E-state index is 0.0273. The van der Waals surface area contributed by atoms with Gasteiger partial charge in [0.15, 0.2) is 16.4 Å².